The Balaban J connectivity index is 1.33. The van der Waals surface area contributed by atoms with Gasteiger partial charge >= 0.3 is 0 Å². The van der Waals surface area contributed by atoms with Gasteiger partial charge in [0.1, 0.15) is 5.41 Å². The van der Waals surface area contributed by atoms with Crippen molar-refractivity contribution in [1.82, 2.24) is 24.3 Å². The smallest absolute Gasteiger partial charge is 0.248 e. The fraction of sp³-hybridized carbons (Fsp3) is 0.520. The van der Waals surface area contributed by atoms with E-state index in [0.717, 1.165) is 61.1 Å². The van der Waals surface area contributed by atoms with Gasteiger partial charge in [-0.2, -0.15) is 15.5 Å². The quantitative estimate of drug-likeness (QED) is 0.617. The molecule has 2 aliphatic heterocycles. The van der Waals surface area contributed by atoms with Crippen molar-refractivity contribution in [2.45, 2.75) is 38.6 Å². The predicted molar refractivity (Wildman–Crippen MR) is 124 cm³/mol. The Bertz CT molecular complexity index is 1260. The van der Waals surface area contributed by atoms with E-state index in [-0.39, 0.29) is 17.7 Å². The maximum absolute atomic E-state index is 13.5. The second-order valence-electron chi connectivity index (χ2n) is 10.1. The van der Waals surface area contributed by atoms with Crippen LogP contribution in [0, 0.1) is 28.6 Å². The third-order valence-corrected chi connectivity index (χ3v) is 8.01. The van der Waals surface area contributed by atoms with E-state index in [1.54, 1.807) is 6.20 Å². The van der Waals surface area contributed by atoms with Gasteiger partial charge in [0.2, 0.25) is 5.91 Å². The first kappa shape index (κ1) is 20.4. The number of rotatable bonds is 4. The highest BCUT2D eigenvalue weighted by molar-refractivity contribution is 6.05. The Labute approximate surface area is 193 Å². The molecule has 5 heterocycles. The van der Waals surface area contributed by atoms with Crippen molar-refractivity contribution in [3.8, 4) is 17.2 Å². The lowest BCUT2D eigenvalue weighted by Crippen LogP contribution is -2.37. The van der Waals surface area contributed by atoms with Crippen LogP contribution in [0.2, 0.25) is 0 Å². The van der Waals surface area contributed by atoms with E-state index in [0.29, 0.717) is 12.6 Å². The fourth-order valence-electron chi connectivity index (χ4n) is 5.84. The van der Waals surface area contributed by atoms with Crippen LogP contribution in [-0.4, -0.2) is 56.9 Å². The number of anilines is 1. The second kappa shape index (κ2) is 7.42. The third-order valence-electron chi connectivity index (χ3n) is 8.01. The molecule has 0 spiro atoms. The van der Waals surface area contributed by atoms with Crippen molar-refractivity contribution >= 4 is 17.1 Å². The number of fused-ring (bicyclic) bond motifs is 1. The molecule has 33 heavy (non-hydrogen) atoms. The molecule has 0 bridgehead atoms. The Morgan fingerprint density at radius 1 is 1.12 bits per heavy atom. The summed E-state index contributed by atoms with van der Waals surface area (Å²) in [6.07, 6.45) is 11.9. The van der Waals surface area contributed by atoms with Gasteiger partial charge in [-0.3, -0.25) is 9.48 Å². The Kier molecular flexibility index (Phi) is 4.59. The summed E-state index contributed by atoms with van der Waals surface area (Å²) in [5.41, 5.74) is 2.90. The maximum Gasteiger partial charge on any atom is 0.248 e. The lowest BCUT2D eigenvalue weighted by atomic mass is 9.75. The summed E-state index contributed by atoms with van der Waals surface area (Å²) in [6.45, 7) is 4.79. The molecule has 3 aromatic rings. The normalized spacial score (nSPS) is 26.9. The average Bonchev–Trinajstić information content (AvgIpc) is 3.29. The van der Waals surface area contributed by atoms with E-state index >= 15 is 0 Å². The molecule has 0 radical (unpaired) electrons. The summed E-state index contributed by atoms with van der Waals surface area (Å²) in [4.78, 5) is 17.7. The molecule has 0 aromatic carbocycles. The number of carbonyl (C=O) groups excluding carboxylic acids is 1. The fourth-order valence-corrected chi connectivity index (χ4v) is 5.84. The monoisotopic (exact) mass is 443 g/mol. The van der Waals surface area contributed by atoms with Crippen LogP contribution in [0.1, 0.15) is 38.6 Å². The van der Waals surface area contributed by atoms with E-state index in [9.17, 15) is 10.1 Å². The number of aromatic nitrogens is 4. The van der Waals surface area contributed by atoms with Crippen LogP contribution in [0.25, 0.3) is 16.6 Å². The topological polar surface area (TPSA) is 82.5 Å². The number of hydrogen-bond donors (Lipinski definition) is 0. The minimum absolute atomic E-state index is 0.0120. The predicted octanol–water partition coefficient (Wildman–Crippen LogP) is 3.37. The van der Waals surface area contributed by atoms with Crippen molar-refractivity contribution in [2.24, 2.45) is 17.3 Å². The molecule has 8 nitrogen and oxygen atoms in total. The van der Waals surface area contributed by atoms with Gasteiger partial charge < -0.3 is 9.80 Å². The number of likely N-dealkylation sites (tertiary alicyclic amines) is 1. The van der Waals surface area contributed by atoms with Gasteiger partial charge in [0.15, 0.2) is 0 Å². The molecule has 6 rings (SSSR count). The first-order chi connectivity index (χ1) is 16.0. The highest BCUT2D eigenvalue weighted by Crippen LogP contribution is 2.54. The Hall–Kier alpha value is -3.18. The van der Waals surface area contributed by atoms with Crippen molar-refractivity contribution in [3.05, 3.63) is 36.9 Å². The zero-order chi connectivity index (χ0) is 22.7. The van der Waals surface area contributed by atoms with Gasteiger partial charge in [0.25, 0.3) is 0 Å². The SMILES string of the molecule is C[C@@H]1CN(c2ccnn3cc(-c4cnn(C5CCN(C)CC5)c4)cc23)C(=O)[C@]1(C#N)C1CC1. The van der Waals surface area contributed by atoms with E-state index in [4.69, 9.17) is 0 Å². The van der Waals surface area contributed by atoms with E-state index in [1.165, 1.54) is 0 Å². The first-order valence-electron chi connectivity index (χ1n) is 11.9. The summed E-state index contributed by atoms with van der Waals surface area (Å²) >= 11 is 0. The van der Waals surface area contributed by atoms with Crippen LogP contribution in [0.3, 0.4) is 0 Å². The molecule has 8 heteroatoms. The summed E-state index contributed by atoms with van der Waals surface area (Å²) < 4.78 is 3.93. The van der Waals surface area contributed by atoms with E-state index in [1.807, 2.05) is 34.8 Å². The molecule has 0 N–H and O–H groups in total. The number of carbonyl (C=O) groups is 1. The number of nitriles is 1. The molecule has 0 unspecified atom stereocenters. The summed E-state index contributed by atoms with van der Waals surface area (Å²) in [5.74, 6) is 0.157. The molecular weight excluding hydrogens is 414 g/mol. The minimum atomic E-state index is -0.884. The van der Waals surface area contributed by atoms with Gasteiger partial charge in [0.05, 0.1) is 29.5 Å². The van der Waals surface area contributed by atoms with Crippen LogP contribution >= 0.6 is 0 Å². The second-order valence-corrected chi connectivity index (χ2v) is 10.1. The molecule has 1 saturated carbocycles. The molecule has 1 aliphatic carbocycles. The zero-order valence-corrected chi connectivity index (χ0v) is 19.2. The Morgan fingerprint density at radius 3 is 2.64 bits per heavy atom. The highest BCUT2D eigenvalue weighted by Gasteiger charge is 2.61. The lowest BCUT2D eigenvalue weighted by molar-refractivity contribution is -0.124. The summed E-state index contributed by atoms with van der Waals surface area (Å²) in [7, 11) is 2.17. The summed E-state index contributed by atoms with van der Waals surface area (Å²) in [6, 6.07) is 6.84. The minimum Gasteiger partial charge on any atom is -0.309 e. The number of hydrogen-bond acceptors (Lipinski definition) is 5. The van der Waals surface area contributed by atoms with Gasteiger partial charge in [-0.25, -0.2) is 4.52 Å². The third kappa shape index (κ3) is 3.10. The van der Waals surface area contributed by atoms with Gasteiger partial charge in [0, 0.05) is 42.2 Å². The van der Waals surface area contributed by atoms with Crippen LogP contribution in [-0.2, 0) is 4.79 Å². The zero-order valence-electron chi connectivity index (χ0n) is 19.2. The van der Waals surface area contributed by atoms with Crippen LogP contribution in [0.4, 0.5) is 5.69 Å². The number of piperidine rings is 1. The van der Waals surface area contributed by atoms with E-state index in [2.05, 4.69) is 45.2 Å². The maximum atomic E-state index is 13.5. The van der Waals surface area contributed by atoms with Gasteiger partial charge in [-0.15, -0.1) is 0 Å². The Morgan fingerprint density at radius 2 is 1.91 bits per heavy atom. The van der Waals surface area contributed by atoms with E-state index < -0.39 is 5.41 Å². The first-order valence-corrected chi connectivity index (χ1v) is 11.9. The van der Waals surface area contributed by atoms with Crippen LogP contribution in [0.5, 0.6) is 0 Å². The van der Waals surface area contributed by atoms with Crippen molar-refractivity contribution in [1.29, 1.82) is 5.26 Å². The van der Waals surface area contributed by atoms with Crippen molar-refractivity contribution < 1.29 is 4.79 Å². The molecule has 2 atom stereocenters. The summed E-state index contributed by atoms with van der Waals surface area (Å²) in [5, 5.41) is 19.1. The number of nitrogens with zero attached hydrogens (tertiary/aromatic N) is 7. The molecule has 2 saturated heterocycles. The van der Waals surface area contributed by atoms with Gasteiger partial charge in [-0.05, 0) is 63.9 Å². The largest absolute Gasteiger partial charge is 0.309 e. The molecule has 3 aliphatic rings. The van der Waals surface area contributed by atoms with Crippen molar-refractivity contribution in [3.63, 3.8) is 0 Å². The molecule has 3 fully saturated rings. The van der Waals surface area contributed by atoms with Crippen LogP contribution < -0.4 is 4.90 Å². The van der Waals surface area contributed by atoms with Crippen molar-refractivity contribution in [2.75, 3.05) is 31.6 Å². The van der Waals surface area contributed by atoms with Crippen LogP contribution in [0.15, 0.2) is 36.9 Å². The molecular formula is C25H29N7O. The highest BCUT2D eigenvalue weighted by atomic mass is 16.2. The molecule has 1 amide bonds. The lowest BCUT2D eigenvalue weighted by Gasteiger charge is -2.28. The molecule has 3 aromatic heterocycles. The number of amides is 1. The average molecular weight is 444 g/mol. The standard InChI is InChI=1S/C25H29N7O/c1-17-13-30(24(33)25(17,16-26)20-3-4-20)22-5-8-27-32-14-18(11-23(22)32)19-12-28-31(15-19)21-6-9-29(2)10-7-21/h5,8,11-12,14-15,17,20-21H,3-4,6-7,9-10,13H2,1-2H3/t17-,25+/m1/s1. The van der Waals surface area contributed by atoms with Gasteiger partial charge in [-0.1, -0.05) is 6.92 Å². The molecule has 170 valence electrons.